The summed E-state index contributed by atoms with van der Waals surface area (Å²) in [6.07, 6.45) is 4.97. The lowest BCUT2D eigenvalue weighted by Gasteiger charge is -2.08. The van der Waals surface area contributed by atoms with Crippen LogP contribution in [0.5, 0.6) is 11.5 Å². The summed E-state index contributed by atoms with van der Waals surface area (Å²) >= 11 is 0. The van der Waals surface area contributed by atoms with Gasteiger partial charge in [-0.3, -0.25) is 14.9 Å². The molecule has 100 valence electrons. The summed E-state index contributed by atoms with van der Waals surface area (Å²) in [6, 6.07) is 4.02. The van der Waals surface area contributed by atoms with Crippen molar-refractivity contribution in [3.8, 4) is 23.8 Å². The quantitative estimate of drug-likeness (QED) is 0.464. The van der Waals surface area contributed by atoms with Gasteiger partial charge in [0.1, 0.15) is 5.75 Å². The fourth-order valence-corrected chi connectivity index (χ4v) is 1.23. The van der Waals surface area contributed by atoms with Crippen LogP contribution in [0.2, 0.25) is 0 Å². The van der Waals surface area contributed by atoms with Crippen LogP contribution in [0.1, 0.15) is 0 Å². The first kappa shape index (κ1) is 14.3. The second-order valence-corrected chi connectivity index (χ2v) is 3.36. The Morgan fingerprint density at radius 2 is 2.32 bits per heavy atom. The first-order valence-corrected chi connectivity index (χ1v) is 5.24. The lowest BCUT2D eigenvalue weighted by Crippen LogP contribution is -2.29. The highest BCUT2D eigenvalue weighted by atomic mass is 16.6. The first-order chi connectivity index (χ1) is 9.08. The average Bonchev–Trinajstić information content (AvgIpc) is 2.42. The summed E-state index contributed by atoms with van der Waals surface area (Å²) in [7, 11) is 1.42. The van der Waals surface area contributed by atoms with Crippen LogP contribution in [0, 0.1) is 22.5 Å². The fourth-order valence-electron chi connectivity index (χ4n) is 1.23. The van der Waals surface area contributed by atoms with Gasteiger partial charge in [-0.15, -0.1) is 6.42 Å². The molecule has 1 aromatic rings. The predicted molar refractivity (Wildman–Crippen MR) is 67.0 cm³/mol. The van der Waals surface area contributed by atoms with Crippen molar-refractivity contribution < 1.29 is 19.2 Å². The summed E-state index contributed by atoms with van der Waals surface area (Å²) in [6.45, 7) is -0.294. The molecule has 1 aromatic carbocycles. The highest BCUT2D eigenvalue weighted by molar-refractivity contribution is 5.77. The minimum absolute atomic E-state index is 0.0415. The third-order valence-electron chi connectivity index (χ3n) is 2.11. The van der Waals surface area contributed by atoms with E-state index in [4.69, 9.17) is 15.9 Å². The van der Waals surface area contributed by atoms with Crippen molar-refractivity contribution in [2.24, 2.45) is 0 Å². The fraction of sp³-hybridized carbons (Fsp3) is 0.250. The second kappa shape index (κ2) is 6.86. The van der Waals surface area contributed by atoms with Gasteiger partial charge in [0.2, 0.25) is 5.75 Å². The molecule has 0 aliphatic carbocycles. The number of nitrogens with one attached hydrogen (secondary N) is 1. The maximum atomic E-state index is 11.3. The summed E-state index contributed by atoms with van der Waals surface area (Å²) in [5.41, 5.74) is -0.245. The molecule has 7 heteroatoms. The van der Waals surface area contributed by atoms with Gasteiger partial charge in [0.25, 0.3) is 5.91 Å². The molecule has 0 aromatic heterocycles. The molecule has 0 saturated carbocycles. The zero-order chi connectivity index (χ0) is 14.3. The Morgan fingerprint density at radius 1 is 1.58 bits per heavy atom. The van der Waals surface area contributed by atoms with Crippen LogP contribution in [-0.2, 0) is 4.79 Å². The Bertz CT molecular complexity index is 521. The van der Waals surface area contributed by atoms with Crippen LogP contribution in [0.4, 0.5) is 5.69 Å². The Balaban J connectivity index is 2.78. The Hall–Kier alpha value is -2.75. The number of terminal acetylenes is 1. The number of carbonyl (C=O) groups excluding carboxylic acids is 1. The number of carbonyl (C=O) groups is 1. The summed E-state index contributed by atoms with van der Waals surface area (Å²) in [4.78, 5) is 21.5. The Labute approximate surface area is 109 Å². The van der Waals surface area contributed by atoms with Crippen LogP contribution in [0.3, 0.4) is 0 Å². The molecule has 19 heavy (non-hydrogen) atoms. The van der Waals surface area contributed by atoms with E-state index in [1.54, 1.807) is 0 Å². The van der Waals surface area contributed by atoms with E-state index in [0.29, 0.717) is 5.75 Å². The summed E-state index contributed by atoms with van der Waals surface area (Å²) < 4.78 is 10.0. The van der Waals surface area contributed by atoms with Gasteiger partial charge in [-0.05, 0) is 6.07 Å². The molecule has 0 fully saturated rings. The van der Waals surface area contributed by atoms with Gasteiger partial charge in [-0.2, -0.15) is 0 Å². The first-order valence-electron chi connectivity index (χ1n) is 5.24. The van der Waals surface area contributed by atoms with E-state index in [2.05, 4.69) is 11.2 Å². The second-order valence-electron chi connectivity index (χ2n) is 3.36. The minimum Gasteiger partial charge on any atom is -0.497 e. The largest absolute Gasteiger partial charge is 0.497 e. The zero-order valence-electron chi connectivity index (χ0n) is 10.2. The Morgan fingerprint density at radius 3 is 2.89 bits per heavy atom. The van der Waals surface area contributed by atoms with Crippen LogP contribution < -0.4 is 14.8 Å². The van der Waals surface area contributed by atoms with E-state index in [9.17, 15) is 14.9 Å². The molecular weight excluding hydrogens is 252 g/mol. The number of nitrogens with zero attached hydrogens (tertiary/aromatic N) is 1. The topological polar surface area (TPSA) is 90.7 Å². The molecule has 7 nitrogen and oxygen atoms in total. The van der Waals surface area contributed by atoms with Crippen molar-refractivity contribution in [1.82, 2.24) is 5.32 Å². The molecule has 1 amide bonds. The molecule has 0 radical (unpaired) electrons. The molecule has 1 rings (SSSR count). The summed E-state index contributed by atoms with van der Waals surface area (Å²) in [5.74, 6) is 2.12. The third-order valence-corrected chi connectivity index (χ3v) is 2.11. The summed E-state index contributed by atoms with van der Waals surface area (Å²) in [5, 5.41) is 13.2. The molecule has 0 bridgehead atoms. The number of methoxy groups -OCH3 is 1. The molecule has 0 unspecified atom stereocenters. The van der Waals surface area contributed by atoms with Gasteiger partial charge in [-0.25, -0.2) is 0 Å². The molecule has 0 heterocycles. The molecule has 0 saturated heterocycles. The van der Waals surface area contributed by atoms with Crippen molar-refractivity contribution in [3.63, 3.8) is 0 Å². The van der Waals surface area contributed by atoms with E-state index in [0.717, 1.165) is 0 Å². The maximum Gasteiger partial charge on any atom is 0.311 e. The molecular formula is C12H12N2O5. The van der Waals surface area contributed by atoms with E-state index in [1.165, 1.54) is 25.3 Å². The van der Waals surface area contributed by atoms with Crippen LogP contribution >= 0.6 is 0 Å². The van der Waals surface area contributed by atoms with Crippen molar-refractivity contribution >= 4 is 11.6 Å². The molecule has 0 aliphatic heterocycles. The van der Waals surface area contributed by atoms with Gasteiger partial charge in [0, 0.05) is 12.1 Å². The SMILES string of the molecule is C#CCNC(=O)COc1cc(OC)ccc1[N+](=O)[O-]. The maximum absolute atomic E-state index is 11.3. The number of nitro groups is 1. The average molecular weight is 264 g/mol. The molecule has 0 aliphatic rings. The predicted octanol–water partition coefficient (Wildman–Crippen LogP) is 0.732. The van der Waals surface area contributed by atoms with Crippen molar-refractivity contribution in [3.05, 3.63) is 28.3 Å². The van der Waals surface area contributed by atoms with Gasteiger partial charge in [0.15, 0.2) is 6.61 Å². The number of amides is 1. The van der Waals surface area contributed by atoms with E-state index in [1.807, 2.05) is 0 Å². The third kappa shape index (κ3) is 4.20. The standard InChI is InChI=1S/C12H12N2O5/c1-3-6-13-12(15)8-19-11-7-9(18-2)4-5-10(11)14(16)17/h1,4-5,7H,6,8H2,2H3,(H,13,15). The van der Waals surface area contributed by atoms with E-state index < -0.39 is 10.8 Å². The van der Waals surface area contributed by atoms with Gasteiger partial charge in [0.05, 0.1) is 18.6 Å². The molecule has 0 spiro atoms. The Kier molecular flexibility index (Phi) is 5.17. The highest BCUT2D eigenvalue weighted by Gasteiger charge is 2.17. The van der Waals surface area contributed by atoms with Crippen molar-refractivity contribution in [1.29, 1.82) is 0 Å². The number of hydrogen-bond acceptors (Lipinski definition) is 5. The normalized spacial score (nSPS) is 9.26. The van der Waals surface area contributed by atoms with Gasteiger partial charge >= 0.3 is 5.69 Å². The monoisotopic (exact) mass is 264 g/mol. The van der Waals surface area contributed by atoms with Crippen LogP contribution in [0.15, 0.2) is 18.2 Å². The minimum atomic E-state index is -0.603. The number of nitro benzene ring substituents is 1. The lowest BCUT2D eigenvalue weighted by atomic mass is 10.3. The number of hydrogen-bond donors (Lipinski definition) is 1. The van der Waals surface area contributed by atoms with Crippen molar-refractivity contribution in [2.75, 3.05) is 20.3 Å². The van der Waals surface area contributed by atoms with Gasteiger partial charge < -0.3 is 14.8 Å². The molecule has 0 atom stereocenters. The van der Waals surface area contributed by atoms with E-state index >= 15 is 0 Å². The van der Waals surface area contributed by atoms with Crippen LogP contribution in [0.25, 0.3) is 0 Å². The number of rotatable bonds is 6. The smallest absolute Gasteiger partial charge is 0.311 e. The zero-order valence-corrected chi connectivity index (χ0v) is 10.2. The lowest BCUT2D eigenvalue weighted by molar-refractivity contribution is -0.385. The number of ether oxygens (including phenoxy) is 2. The van der Waals surface area contributed by atoms with Gasteiger partial charge in [-0.1, -0.05) is 5.92 Å². The van der Waals surface area contributed by atoms with E-state index in [-0.39, 0.29) is 24.6 Å². The highest BCUT2D eigenvalue weighted by Crippen LogP contribution is 2.30. The number of benzene rings is 1. The van der Waals surface area contributed by atoms with Crippen LogP contribution in [-0.4, -0.2) is 31.1 Å². The molecule has 1 N–H and O–H groups in total. The van der Waals surface area contributed by atoms with Crippen molar-refractivity contribution in [2.45, 2.75) is 0 Å².